The first kappa shape index (κ1) is 12.4. The van der Waals surface area contributed by atoms with E-state index in [2.05, 4.69) is 0 Å². The Balaban J connectivity index is 1.86. The lowest BCUT2D eigenvalue weighted by atomic mass is 9.88. The van der Waals surface area contributed by atoms with E-state index >= 15 is 0 Å². The minimum absolute atomic E-state index is 0.0171. The van der Waals surface area contributed by atoms with E-state index in [1.807, 2.05) is 6.92 Å². The first-order valence-electron chi connectivity index (χ1n) is 6.20. The summed E-state index contributed by atoms with van der Waals surface area (Å²) < 4.78 is 0. The van der Waals surface area contributed by atoms with E-state index in [1.165, 1.54) is 0 Å². The molecule has 0 saturated carbocycles. The fourth-order valence-electron chi connectivity index (χ4n) is 2.73. The van der Waals surface area contributed by atoms with Crippen molar-refractivity contribution in [2.45, 2.75) is 31.8 Å². The van der Waals surface area contributed by atoms with Crippen LogP contribution in [0.25, 0.3) is 0 Å². The molecule has 17 heavy (non-hydrogen) atoms. The number of amides is 2. The van der Waals surface area contributed by atoms with Crippen molar-refractivity contribution in [2.75, 3.05) is 26.7 Å². The largest absolute Gasteiger partial charge is 0.386 e. The molecule has 5 nitrogen and oxygen atoms in total. The van der Waals surface area contributed by atoms with Gasteiger partial charge in [0.1, 0.15) is 0 Å². The van der Waals surface area contributed by atoms with Crippen molar-refractivity contribution in [3.63, 3.8) is 0 Å². The van der Waals surface area contributed by atoms with E-state index in [0.717, 1.165) is 12.8 Å². The van der Waals surface area contributed by atoms with Crippen LogP contribution in [0.5, 0.6) is 0 Å². The van der Waals surface area contributed by atoms with Crippen LogP contribution in [0.15, 0.2) is 0 Å². The smallest absolute Gasteiger partial charge is 0.228 e. The zero-order valence-electron chi connectivity index (χ0n) is 10.5. The number of carbonyl (C=O) groups excluding carboxylic acids is 2. The summed E-state index contributed by atoms with van der Waals surface area (Å²) in [5, 5.41) is 10.0. The predicted octanol–water partition coefficient (Wildman–Crippen LogP) is -0.162. The first-order chi connectivity index (χ1) is 7.95. The summed E-state index contributed by atoms with van der Waals surface area (Å²) in [5.74, 6) is -0.158. The molecule has 2 aliphatic rings. The van der Waals surface area contributed by atoms with Crippen LogP contribution >= 0.6 is 0 Å². The second-order valence-electron chi connectivity index (χ2n) is 5.34. The maximum Gasteiger partial charge on any atom is 0.228 e. The van der Waals surface area contributed by atoms with Gasteiger partial charge in [-0.05, 0) is 6.42 Å². The van der Waals surface area contributed by atoms with Crippen molar-refractivity contribution < 1.29 is 14.7 Å². The fraction of sp³-hybridized carbons (Fsp3) is 0.833. The summed E-state index contributed by atoms with van der Waals surface area (Å²) in [7, 11) is 1.72. The Morgan fingerprint density at radius 2 is 2.18 bits per heavy atom. The zero-order chi connectivity index (χ0) is 12.6. The molecule has 2 heterocycles. The second-order valence-corrected chi connectivity index (χ2v) is 5.34. The highest BCUT2D eigenvalue weighted by molar-refractivity contribution is 5.89. The lowest BCUT2D eigenvalue weighted by molar-refractivity contribution is -0.160. The fourth-order valence-corrected chi connectivity index (χ4v) is 2.73. The Labute approximate surface area is 101 Å². The van der Waals surface area contributed by atoms with Gasteiger partial charge in [-0.2, -0.15) is 0 Å². The quantitative estimate of drug-likeness (QED) is 0.745. The molecular formula is C12H20N2O3. The molecule has 2 fully saturated rings. The number of rotatable bonds is 3. The summed E-state index contributed by atoms with van der Waals surface area (Å²) in [5.41, 5.74) is -0.682. The van der Waals surface area contributed by atoms with Gasteiger partial charge in [0, 0.05) is 20.0 Å². The van der Waals surface area contributed by atoms with Gasteiger partial charge in [-0.15, -0.1) is 0 Å². The monoisotopic (exact) mass is 240 g/mol. The molecule has 0 aromatic rings. The summed E-state index contributed by atoms with van der Waals surface area (Å²) in [6.45, 7) is 3.38. The standard InChI is InChI=1S/C12H20N2O3/c1-3-4-12(17)7-14(8-12)11(16)9-5-10(15)13(2)6-9/h9,17H,3-8H2,1-2H3. The van der Waals surface area contributed by atoms with Crippen LogP contribution in [-0.2, 0) is 9.59 Å². The van der Waals surface area contributed by atoms with Crippen molar-refractivity contribution in [2.24, 2.45) is 5.92 Å². The minimum Gasteiger partial charge on any atom is -0.386 e. The molecule has 1 unspecified atom stereocenters. The van der Waals surface area contributed by atoms with Crippen molar-refractivity contribution in [1.29, 1.82) is 0 Å². The zero-order valence-corrected chi connectivity index (χ0v) is 10.5. The Bertz CT molecular complexity index is 337. The average Bonchev–Trinajstić information content (AvgIpc) is 2.55. The molecule has 5 heteroatoms. The number of hydrogen-bond acceptors (Lipinski definition) is 3. The molecule has 2 aliphatic heterocycles. The van der Waals surface area contributed by atoms with Gasteiger partial charge in [0.25, 0.3) is 0 Å². The van der Waals surface area contributed by atoms with Crippen LogP contribution in [-0.4, -0.2) is 59.0 Å². The van der Waals surface area contributed by atoms with Gasteiger partial charge in [0.05, 0.1) is 24.6 Å². The Hall–Kier alpha value is -1.10. The highest BCUT2D eigenvalue weighted by Gasteiger charge is 2.45. The number of carbonyl (C=O) groups is 2. The third-order valence-electron chi connectivity index (χ3n) is 3.69. The average molecular weight is 240 g/mol. The summed E-state index contributed by atoms with van der Waals surface area (Å²) in [6.07, 6.45) is 1.97. The third-order valence-corrected chi connectivity index (χ3v) is 3.69. The topological polar surface area (TPSA) is 60.9 Å². The molecule has 0 aliphatic carbocycles. The van der Waals surface area contributed by atoms with Gasteiger partial charge in [0.2, 0.25) is 11.8 Å². The lowest BCUT2D eigenvalue weighted by Crippen LogP contribution is -2.64. The SMILES string of the molecule is CCCC1(O)CN(C(=O)C2CC(=O)N(C)C2)C1. The van der Waals surface area contributed by atoms with E-state index in [0.29, 0.717) is 26.1 Å². The van der Waals surface area contributed by atoms with Gasteiger partial charge in [-0.1, -0.05) is 13.3 Å². The Kier molecular flexibility index (Phi) is 3.12. The summed E-state index contributed by atoms with van der Waals surface area (Å²) >= 11 is 0. The molecular weight excluding hydrogens is 220 g/mol. The van der Waals surface area contributed by atoms with Crippen LogP contribution in [0.1, 0.15) is 26.2 Å². The van der Waals surface area contributed by atoms with Crippen molar-refractivity contribution in [1.82, 2.24) is 9.80 Å². The number of nitrogens with zero attached hydrogens (tertiary/aromatic N) is 2. The van der Waals surface area contributed by atoms with Gasteiger partial charge in [-0.3, -0.25) is 9.59 Å². The van der Waals surface area contributed by atoms with Gasteiger partial charge in [0.15, 0.2) is 0 Å². The summed E-state index contributed by atoms with van der Waals surface area (Å²) in [6, 6.07) is 0. The number of β-amino-alcohol motifs (C(OH)–C–C–N with tert-alkyl or cyclic N) is 1. The molecule has 2 saturated heterocycles. The van der Waals surface area contributed by atoms with E-state index in [4.69, 9.17) is 0 Å². The molecule has 0 spiro atoms. The third kappa shape index (κ3) is 2.29. The Morgan fingerprint density at radius 1 is 1.53 bits per heavy atom. The molecule has 0 bridgehead atoms. The number of hydrogen-bond donors (Lipinski definition) is 1. The van der Waals surface area contributed by atoms with Gasteiger partial charge in [-0.25, -0.2) is 0 Å². The number of likely N-dealkylation sites (tertiary alicyclic amines) is 2. The molecule has 1 N–H and O–H groups in total. The van der Waals surface area contributed by atoms with Crippen LogP contribution in [0.4, 0.5) is 0 Å². The highest BCUT2D eigenvalue weighted by atomic mass is 16.3. The molecule has 2 amide bonds. The van der Waals surface area contributed by atoms with Gasteiger partial charge >= 0.3 is 0 Å². The molecule has 2 rings (SSSR count). The molecule has 0 aromatic heterocycles. The van der Waals surface area contributed by atoms with E-state index < -0.39 is 5.60 Å². The molecule has 0 radical (unpaired) electrons. The molecule has 0 aromatic carbocycles. The van der Waals surface area contributed by atoms with E-state index in [1.54, 1.807) is 16.8 Å². The Morgan fingerprint density at radius 3 is 2.65 bits per heavy atom. The lowest BCUT2D eigenvalue weighted by Gasteiger charge is -2.47. The maximum absolute atomic E-state index is 12.0. The molecule has 1 atom stereocenters. The van der Waals surface area contributed by atoms with Crippen LogP contribution in [0, 0.1) is 5.92 Å². The van der Waals surface area contributed by atoms with Crippen molar-refractivity contribution in [3.8, 4) is 0 Å². The van der Waals surface area contributed by atoms with Crippen molar-refractivity contribution in [3.05, 3.63) is 0 Å². The second kappa shape index (κ2) is 4.29. The van der Waals surface area contributed by atoms with Crippen LogP contribution in [0.3, 0.4) is 0 Å². The highest BCUT2D eigenvalue weighted by Crippen LogP contribution is 2.29. The minimum atomic E-state index is -0.682. The maximum atomic E-state index is 12.0. The van der Waals surface area contributed by atoms with Crippen LogP contribution in [0.2, 0.25) is 0 Å². The van der Waals surface area contributed by atoms with Gasteiger partial charge < -0.3 is 14.9 Å². The number of aliphatic hydroxyl groups is 1. The van der Waals surface area contributed by atoms with E-state index in [9.17, 15) is 14.7 Å². The normalized spacial score (nSPS) is 27.2. The first-order valence-corrected chi connectivity index (χ1v) is 6.20. The van der Waals surface area contributed by atoms with Crippen LogP contribution < -0.4 is 0 Å². The molecule has 96 valence electrons. The van der Waals surface area contributed by atoms with Crippen molar-refractivity contribution >= 4 is 11.8 Å². The van der Waals surface area contributed by atoms with E-state index in [-0.39, 0.29) is 17.7 Å². The predicted molar refractivity (Wildman–Crippen MR) is 62.2 cm³/mol. The summed E-state index contributed by atoms with van der Waals surface area (Å²) in [4.78, 5) is 26.7.